The maximum absolute atomic E-state index is 13.3. The Morgan fingerprint density at radius 1 is 1.07 bits per heavy atom. The molecule has 1 fully saturated rings. The first kappa shape index (κ1) is 22.2. The molecule has 1 heterocycles. The monoisotopic (exact) mass is 430 g/mol. The van der Waals surface area contributed by atoms with Crippen molar-refractivity contribution in [3.8, 4) is 5.75 Å². The molecular formula is C23H30N2O4S. The fraction of sp³-hybridized carbons (Fsp3) is 0.435. The van der Waals surface area contributed by atoms with Gasteiger partial charge in [-0.2, -0.15) is 0 Å². The Morgan fingerprint density at radius 2 is 1.70 bits per heavy atom. The zero-order valence-electron chi connectivity index (χ0n) is 18.0. The third-order valence-corrected chi connectivity index (χ3v) is 6.94. The normalized spacial score (nSPS) is 17.7. The van der Waals surface area contributed by atoms with Crippen molar-refractivity contribution < 1.29 is 17.9 Å². The molecule has 0 spiro atoms. The fourth-order valence-corrected chi connectivity index (χ4v) is 5.33. The van der Waals surface area contributed by atoms with Gasteiger partial charge < -0.3 is 14.5 Å². The molecule has 1 amide bonds. The van der Waals surface area contributed by atoms with Crippen molar-refractivity contribution in [2.45, 2.75) is 39.0 Å². The van der Waals surface area contributed by atoms with Gasteiger partial charge in [-0.25, -0.2) is 8.42 Å². The summed E-state index contributed by atoms with van der Waals surface area (Å²) in [5.74, 6) is 0.686. The molecule has 0 bridgehead atoms. The molecule has 0 aromatic heterocycles. The van der Waals surface area contributed by atoms with E-state index in [-0.39, 0.29) is 29.6 Å². The minimum Gasteiger partial charge on any atom is -0.491 e. The number of sulfone groups is 1. The number of ether oxygens (including phenoxy) is 1. The predicted molar refractivity (Wildman–Crippen MR) is 120 cm³/mol. The Hall–Kier alpha value is -2.54. The van der Waals surface area contributed by atoms with Crippen LogP contribution in [0.2, 0.25) is 0 Å². The Bertz CT molecular complexity index is 967. The molecule has 6 nitrogen and oxygen atoms in total. The molecular weight excluding hydrogens is 400 g/mol. The highest BCUT2D eigenvalue weighted by molar-refractivity contribution is 7.91. The molecule has 0 N–H and O–H groups in total. The second-order valence-electron chi connectivity index (χ2n) is 8.24. The van der Waals surface area contributed by atoms with E-state index in [1.165, 1.54) is 0 Å². The number of benzene rings is 2. The number of amides is 1. The van der Waals surface area contributed by atoms with Gasteiger partial charge in [0.2, 0.25) is 0 Å². The average Bonchev–Trinajstić information content (AvgIpc) is 3.05. The van der Waals surface area contributed by atoms with Crippen LogP contribution in [0.5, 0.6) is 5.75 Å². The smallest absolute Gasteiger partial charge is 0.254 e. The van der Waals surface area contributed by atoms with Gasteiger partial charge in [0.15, 0.2) is 9.84 Å². The molecule has 1 saturated heterocycles. The molecule has 1 atom stereocenters. The highest BCUT2D eigenvalue weighted by Gasteiger charge is 2.35. The lowest BCUT2D eigenvalue weighted by atomic mass is 10.1. The molecule has 0 radical (unpaired) electrons. The zero-order chi connectivity index (χ0) is 21.9. The van der Waals surface area contributed by atoms with Gasteiger partial charge in [-0.3, -0.25) is 4.79 Å². The molecule has 162 valence electrons. The largest absolute Gasteiger partial charge is 0.491 e. The Kier molecular flexibility index (Phi) is 6.71. The van der Waals surface area contributed by atoms with Crippen LogP contribution in [0.15, 0.2) is 48.5 Å². The highest BCUT2D eigenvalue weighted by atomic mass is 32.2. The van der Waals surface area contributed by atoms with Gasteiger partial charge in [-0.1, -0.05) is 12.1 Å². The van der Waals surface area contributed by atoms with Gasteiger partial charge in [-0.15, -0.1) is 0 Å². The molecule has 1 aliphatic heterocycles. The van der Waals surface area contributed by atoms with Crippen molar-refractivity contribution in [2.75, 3.05) is 30.5 Å². The summed E-state index contributed by atoms with van der Waals surface area (Å²) in [4.78, 5) is 17.1. The van der Waals surface area contributed by atoms with E-state index < -0.39 is 9.84 Å². The Balaban J connectivity index is 1.84. The molecule has 30 heavy (non-hydrogen) atoms. The number of nitrogens with zero attached hydrogens (tertiary/aromatic N) is 2. The Labute approximate surface area is 179 Å². The van der Waals surface area contributed by atoms with Crippen molar-refractivity contribution in [2.24, 2.45) is 0 Å². The van der Waals surface area contributed by atoms with Gasteiger partial charge in [0.05, 0.1) is 17.6 Å². The van der Waals surface area contributed by atoms with E-state index in [2.05, 4.69) is 0 Å². The van der Waals surface area contributed by atoms with E-state index in [4.69, 9.17) is 4.74 Å². The molecule has 7 heteroatoms. The van der Waals surface area contributed by atoms with E-state index in [9.17, 15) is 13.2 Å². The number of hydrogen-bond donors (Lipinski definition) is 0. The standard InChI is InChI=1S/C23H30N2O4S/c1-17(2)29-22-11-7-19(8-12-22)23(26)25(21-13-14-30(27,28)16-21)15-18-5-9-20(10-6-18)24(3)4/h5-12,17,21H,13-16H2,1-4H3/t21-/m0/s1. The predicted octanol–water partition coefficient (Wildman–Crippen LogP) is 3.37. The molecule has 1 aliphatic rings. The van der Waals surface area contributed by atoms with E-state index in [1.54, 1.807) is 29.2 Å². The molecule has 2 aromatic rings. The summed E-state index contributed by atoms with van der Waals surface area (Å²) < 4.78 is 29.8. The lowest BCUT2D eigenvalue weighted by molar-refractivity contribution is 0.0681. The van der Waals surface area contributed by atoms with Gasteiger partial charge in [0.25, 0.3) is 5.91 Å². The van der Waals surface area contributed by atoms with Crippen LogP contribution in [-0.4, -0.2) is 57.0 Å². The second kappa shape index (κ2) is 9.08. The average molecular weight is 431 g/mol. The van der Waals surface area contributed by atoms with Crippen molar-refractivity contribution >= 4 is 21.4 Å². The SMILES string of the molecule is CC(C)Oc1ccc(C(=O)N(Cc2ccc(N(C)C)cc2)[C@H]2CCS(=O)(=O)C2)cc1. The summed E-state index contributed by atoms with van der Waals surface area (Å²) >= 11 is 0. The third-order valence-electron chi connectivity index (χ3n) is 5.19. The van der Waals surface area contributed by atoms with Crippen LogP contribution in [0.3, 0.4) is 0 Å². The number of rotatable bonds is 7. The first-order chi connectivity index (χ1) is 14.1. The van der Waals surface area contributed by atoms with Crippen LogP contribution in [0.4, 0.5) is 5.69 Å². The summed E-state index contributed by atoms with van der Waals surface area (Å²) in [5, 5.41) is 0. The van der Waals surface area contributed by atoms with Gasteiger partial charge in [0.1, 0.15) is 5.75 Å². The van der Waals surface area contributed by atoms with Crippen LogP contribution >= 0.6 is 0 Å². The van der Waals surface area contributed by atoms with Crippen molar-refractivity contribution in [3.63, 3.8) is 0 Å². The molecule has 0 aliphatic carbocycles. The van der Waals surface area contributed by atoms with E-state index in [0.29, 0.717) is 24.3 Å². The summed E-state index contributed by atoms with van der Waals surface area (Å²) in [6.07, 6.45) is 0.523. The van der Waals surface area contributed by atoms with Crippen LogP contribution in [0, 0.1) is 0 Å². The number of carbonyl (C=O) groups is 1. The maximum atomic E-state index is 13.3. The summed E-state index contributed by atoms with van der Waals surface area (Å²) in [6, 6.07) is 14.7. The maximum Gasteiger partial charge on any atom is 0.254 e. The zero-order valence-corrected chi connectivity index (χ0v) is 18.9. The molecule has 0 saturated carbocycles. The molecule has 3 rings (SSSR count). The topological polar surface area (TPSA) is 66.9 Å². The second-order valence-corrected chi connectivity index (χ2v) is 10.5. The van der Waals surface area contributed by atoms with Crippen LogP contribution < -0.4 is 9.64 Å². The summed E-state index contributed by atoms with van der Waals surface area (Å²) in [7, 11) is 0.839. The Morgan fingerprint density at radius 3 is 2.20 bits per heavy atom. The molecule has 0 unspecified atom stereocenters. The van der Waals surface area contributed by atoms with Gasteiger partial charge >= 0.3 is 0 Å². The quantitative estimate of drug-likeness (QED) is 0.674. The minimum atomic E-state index is -3.11. The van der Waals surface area contributed by atoms with Crippen LogP contribution in [0.25, 0.3) is 0 Å². The number of anilines is 1. The molecule has 2 aromatic carbocycles. The number of carbonyl (C=O) groups excluding carboxylic acids is 1. The third kappa shape index (κ3) is 5.53. The first-order valence-corrected chi connectivity index (χ1v) is 12.0. The first-order valence-electron chi connectivity index (χ1n) is 10.2. The van der Waals surface area contributed by atoms with Gasteiger partial charge in [0, 0.05) is 37.9 Å². The van der Waals surface area contributed by atoms with Crippen LogP contribution in [0.1, 0.15) is 36.2 Å². The summed E-state index contributed by atoms with van der Waals surface area (Å²) in [5.41, 5.74) is 2.57. The van der Waals surface area contributed by atoms with Gasteiger partial charge in [-0.05, 0) is 62.2 Å². The van der Waals surface area contributed by atoms with Crippen molar-refractivity contribution in [3.05, 3.63) is 59.7 Å². The summed E-state index contributed by atoms with van der Waals surface area (Å²) in [6.45, 7) is 4.27. The number of hydrogen-bond acceptors (Lipinski definition) is 5. The van der Waals surface area contributed by atoms with Crippen LogP contribution in [-0.2, 0) is 16.4 Å². The van der Waals surface area contributed by atoms with Crippen molar-refractivity contribution in [1.29, 1.82) is 0 Å². The fourth-order valence-electron chi connectivity index (χ4n) is 3.60. The van der Waals surface area contributed by atoms with E-state index in [1.807, 2.05) is 57.1 Å². The van der Waals surface area contributed by atoms with E-state index >= 15 is 0 Å². The lowest BCUT2D eigenvalue weighted by Gasteiger charge is -2.29. The van der Waals surface area contributed by atoms with E-state index in [0.717, 1.165) is 11.3 Å². The van der Waals surface area contributed by atoms with Crippen molar-refractivity contribution in [1.82, 2.24) is 4.90 Å². The lowest BCUT2D eigenvalue weighted by Crippen LogP contribution is -2.40. The minimum absolute atomic E-state index is 0.0169. The highest BCUT2D eigenvalue weighted by Crippen LogP contribution is 2.24.